The smallest absolute Gasteiger partial charge is 0.279 e. The molecule has 5 nitrogen and oxygen atoms in total. The normalized spacial score (nSPS) is 21.4. The Labute approximate surface area is 131 Å². The molecule has 1 aliphatic heterocycles. The zero-order valence-corrected chi connectivity index (χ0v) is 13.4. The van der Waals surface area contributed by atoms with Crippen LogP contribution >= 0.6 is 0 Å². The van der Waals surface area contributed by atoms with Crippen molar-refractivity contribution < 1.29 is 14.5 Å². The number of carbonyl (C=O) groups is 2. The third-order valence-electron chi connectivity index (χ3n) is 4.44. The van der Waals surface area contributed by atoms with Crippen LogP contribution in [0.1, 0.15) is 30.9 Å². The van der Waals surface area contributed by atoms with Gasteiger partial charge in [0, 0.05) is 5.69 Å². The summed E-state index contributed by atoms with van der Waals surface area (Å²) in [5, 5.41) is 3.05. The van der Waals surface area contributed by atoms with E-state index in [2.05, 4.69) is 12.2 Å². The van der Waals surface area contributed by atoms with Gasteiger partial charge in [0.15, 0.2) is 6.54 Å². The van der Waals surface area contributed by atoms with E-state index in [9.17, 15) is 9.59 Å². The van der Waals surface area contributed by atoms with E-state index in [1.807, 2.05) is 25.1 Å². The molecule has 0 aromatic heterocycles. The van der Waals surface area contributed by atoms with Crippen molar-refractivity contribution in [3.8, 4) is 0 Å². The van der Waals surface area contributed by atoms with E-state index in [4.69, 9.17) is 5.73 Å². The lowest BCUT2D eigenvalue weighted by Crippen LogP contribution is -3.14. The molecule has 1 fully saturated rings. The minimum atomic E-state index is -0.246. The van der Waals surface area contributed by atoms with Crippen LogP contribution in [0, 0.1) is 12.8 Å². The van der Waals surface area contributed by atoms with Crippen molar-refractivity contribution in [2.24, 2.45) is 11.7 Å². The number of aryl methyl sites for hydroxylation is 2. The van der Waals surface area contributed by atoms with Crippen LogP contribution in [0.2, 0.25) is 0 Å². The maximum Gasteiger partial charge on any atom is 0.279 e. The highest BCUT2D eigenvalue weighted by Crippen LogP contribution is 2.20. The van der Waals surface area contributed by atoms with Crippen molar-refractivity contribution in [3.05, 3.63) is 29.3 Å². The average molecular weight is 304 g/mol. The zero-order valence-electron chi connectivity index (χ0n) is 13.4. The van der Waals surface area contributed by atoms with Crippen molar-refractivity contribution in [2.75, 3.05) is 25.0 Å². The molecule has 2 amide bonds. The molecule has 4 N–H and O–H groups in total. The van der Waals surface area contributed by atoms with Gasteiger partial charge in [-0.05, 0) is 37.3 Å². The second kappa shape index (κ2) is 7.40. The Hall–Kier alpha value is -1.88. The number of primary amides is 1. The number of nitrogens with one attached hydrogen (secondary N) is 2. The van der Waals surface area contributed by atoms with Crippen LogP contribution in [0.25, 0.3) is 0 Å². The second-order valence-corrected chi connectivity index (χ2v) is 6.13. The molecule has 1 saturated heterocycles. The van der Waals surface area contributed by atoms with Gasteiger partial charge in [-0.1, -0.05) is 25.1 Å². The summed E-state index contributed by atoms with van der Waals surface area (Å²) in [6.07, 6.45) is 2.68. The van der Waals surface area contributed by atoms with E-state index in [0.717, 1.165) is 47.5 Å². The third-order valence-corrected chi connectivity index (χ3v) is 4.44. The molecule has 0 saturated carbocycles. The summed E-state index contributed by atoms with van der Waals surface area (Å²) in [7, 11) is 0. The van der Waals surface area contributed by atoms with Crippen molar-refractivity contribution in [1.29, 1.82) is 0 Å². The quantitative estimate of drug-likeness (QED) is 0.730. The maximum absolute atomic E-state index is 12.3. The fraction of sp³-hybridized carbons (Fsp3) is 0.529. The van der Waals surface area contributed by atoms with E-state index < -0.39 is 0 Å². The predicted octanol–water partition coefficient (Wildman–Crippen LogP) is 0.276. The number of piperidine rings is 1. The first-order valence-corrected chi connectivity index (χ1v) is 8.02. The summed E-state index contributed by atoms with van der Waals surface area (Å²) in [5.74, 6) is -0.338. The summed E-state index contributed by atoms with van der Waals surface area (Å²) in [5.41, 5.74) is 8.55. The van der Waals surface area contributed by atoms with Gasteiger partial charge in [-0.2, -0.15) is 0 Å². The van der Waals surface area contributed by atoms with Crippen molar-refractivity contribution >= 4 is 17.5 Å². The van der Waals surface area contributed by atoms with Crippen molar-refractivity contribution in [3.63, 3.8) is 0 Å². The zero-order chi connectivity index (χ0) is 16.1. The molecule has 2 atom stereocenters. The molecule has 120 valence electrons. The van der Waals surface area contributed by atoms with E-state index in [1.54, 1.807) is 0 Å². The first-order valence-electron chi connectivity index (χ1n) is 8.02. The molecule has 5 heteroatoms. The summed E-state index contributed by atoms with van der Waals surface area (Å²) < 4.78 is 0. The standard InChI is InChI=1S/C17H25N3O2/c1-3-13-7-4-6-12(2)16(13)19-15(21)11-20-9-5-8-14(10-20)17(18)22/h4,6-7,14H,3,5,8-11H2,1-2H3,(H2,18,22)(H,19,21)/p+1/t14-/m1/s1. The lowest BCUT2D eigenvalue weighted by atomic mass is 9.97. The third kappa shape index (κ3) is 4.07. The number of likely N-dealkylation sites (tertiary alicyclic amines) is 1. The van der Waals surface area contributed by atoms with E-state index in [0.29, 0.717) is 13.1 Å². The maximum atomic E-state index is 12.3. The first-order chi connectivity index (χ1) is 10.5. The van der Waals surface area contributed by atoms with Crippen molar-refractivity contribution in [1.82, 2.24) is 0 Å². The SMILES string of the molecule is CCc1cccc(C)c1NC(=O)C[NH+]1CCC[C@@H](C(N)=O)C1. The molecule has 1 unspecified atom stereocenters. The fourth-order valence-corrected chi connectivity index (χ4v) is 3.17. The minimum absolute atomic E-state index is 0.00382. The molecule has 1 aromatic rings. The minimum Gasteiger partial charge on any atom is -0.369 e. The van der Waals surface area contributed by atoms with Crippen LogP contribution in [0.4, 0.5) is 5.69 Å². The van der Waals surface area contributed by atoms with Crippen LogP contribution in [0.15, 0.2) is 18.2 Å². The highest BCUT2D eigenvalue weighted by molar-refractivity contribution is 5.93. The largest absolute Gasteiger partial charge is 0.369 e. The first kappa shape index (κ1) is 16.5. The van der Waals surface area contributed by atoms with Gasteiger partial charge in [0.25, 0.3) is 5.91 Å². The van der Waals surface area contributed by atoms with Crippen molar-refractivity contribution in [2.45, 2.75) is 33.1 Å². The second-order valence-electron chi connectivity index (χ2n) is 6.13. The topological polar surface area (TPSA) is 76.6 Å². The Bertz CT molecular complexity index is 557. The molecular formula is C17H26N3O2+. The number of quaternary nitrogens is 1. The number of amides is 2. The monoisotopic (exact) mass is 304 g/mol. The van der Waals surface area contributed by atoms with Gasteiger partial charge < -0.3 is 16.0 Å². The molecular weight excluding hydrogens is 278 g/mol. The predicted molar refractivity (Wildman–Crippen MR) is 86.7 cm³/mol. The summed E-state index contributed by atoms with van der Waals surface area (Å²) in [6.45, 7) is 6.06. The van der Waals surface area contributed by atoms with Gasteiger partial charge in [-0.3, -0.25) is 9.59 Å². The number of rotatable bonds is 5. The summed E-state index contributed by atoms with van der Waals surface area (Å²) >= 11 is 0. The van der Waals surface area contributed by atoms with Gasteiger partial charge in [0.1, 0.15) is 0 Å². The number of benzene rings is 1. The number of carbonyl (C=O) groups excluding carboxylic acids is 2. The van der Waals surface area contributed by atoms with E-state index in [1.165, 1.54) is 0 Å². The van der Waals surface area contributed by atoms with Crippen LogP contribution in [0.5, 0.6) is 0 Å². The molecule has 1 heterocycles. The number of hydrogen-bond acceptors (Lipinski definition) is 2. The Morgan fingerprint density at radius 3 is 2.86 bits per heavy atom. The van der Waals surface area contributed by atoms with Gasteiger partial charge in [0.05, 0.1) is 19.0 Å². The molecule has 2 rings (SSSR count). The van der Waals surface area contributed by atoms with E-state index in [-0.39, 0.29) is 17.7 Å². The number of para-hydroxylation sites is 1. The number of hydrogen-bond donors (Lipinski definition) is 3. The highest BCUT2D eigenvalue weighted by atomic mass is 16.2. The van der Waals surface area contributed by atoms with Gasteiger partial charge in [-0.25, -0.2) is 0 Å². The van der Waals surface area contributed by atoms with Crippen LogP contribution in [0.3, 0.4) is 0 Å². The van der Waals surface area contributed by atoms with Gasteiger partial charge in [-0.15, -0.1) is 0 Å². The Morgan fingerprint density at radius 2 is 2.18 bits per heavy atom. The molecule has 0 aliphatic carbocycles. The highest BCUT2D eigenvalue weighted by Gasteiger charge is 2.28. The molecule has 1 aliphatic rings. The molecule has 0 bridgehead atoms. The van der Waals surface area contributed by atoms with Gasteiger partial charge >= 0.3 is 0 Å². The summed E-state index contributed by atoms with van der Waals surface area (Å²) in [4.78, 5) is 24.8. The van der Waals surface area contributed by atoms with E-state index >= 15 is 0 Å². The summed E-state index contributed by atoms with van der Waals surface area (Å²) in [6, 6.07) is 6.06. The molecule has 0 radical (unpaired) electrons. The lowest BCUT2D eigenvalue weighted by Gasteiger charge is -2.27. The average Bonchev–Trinajstić information content (AvgIpc) is 2.49. The number of anilines is 1. The Morgan fingerprint density at radius 1 is 1.41 bits per heavy atom. The molecule has 22 heavy (non-hydrogen) atoms. The van der Waals surface area contributed by atoms with Gasteiger partial charge in [0.2, 0.25) is 5.91 Å². The molecule has 1 aromatic carbocycles. The van der Waals surface area contributed by atoms with Crippen LogP contribution in [-0.4, -0.2) is 31.4 Å². The fourth-order valence-electron chi connectivity index (χ4n) is 3.17. The van der Waals surface area contributed by atoms with Crippen LogP contribution in [-0.2, 0) is 16.0 Å². The molecule has 0 spiro atoms. The number of nitrogens with two attached hydrogens (primary N) is 1. The Kier molecular flexibility index (Phi) is 5.55. The van der Waals surface area contributed by atoms with Crippen LogP contribution < -0.4 is 16.0 Å². The lowest BCUT2D eigenvalue weighted by molar-refractivity contribution is -0.899. The Balaban J connectivity index is 1.97.